The Bertz CT molecular complexity index is 903. The van der Waals surface area contributed by atoms with Crippen molar-refractivity contribution in [3.63, 3.8) is 0 Å². The monoisotopic (exact) mass is 404 g/mol. The van der Waals surface area contributed by atoms with Crippen molar-refractivity contribution in [2.24, 2.45) is 5.73 Å². The fourth-order valence-corrected chi connectivity index (χ4v) is 4.65. The fourth-order valence-electron chi connectivity index (χ4n) is 3.28. The minimum atomic E-state index is -0.212. The standard InChI is InChI=1S/C17H17BrN4OS/c18-11-3-6-16-20-8-14(22(16)9-11)15-5-4-12(24-15)10-21-7-1-2-13(21)17(19)23/h3-6,8-9,13H,1-2,7,10H2,(H2,19,23)/t13-/m0/s1. The molecule has 2 N–H and O–H groups in total. The molecule has 7 heteroatoms. The van der Waals surface area contributed by atoms with Gasteiger partial charge in [0.2, 0.25) is 5.91 Å². The topological polar surface area (TPSA) is 63.6 Å². The SMILES string of the molecule is NC(=O)[C@@H]1CCCN1Cc1ccc(-c2cnc3ccc(Br)cn23)s1. The van der Waals surface area contributed by atoms with E-state index in [1.54, 1.807) is 11.3 Å². The second-order valence-corrected chi connectivity index (χ2v) is 8.10. The predicted octanol–water partition coefficient (Wildman–Crippen LogP) is 3.28. The first-order valence-corrected chi connectivity index (χ1v) is 9.48. The molecule has 1 aliphatic rings. The van der Waals surface area contributed by atoms with Crippen LogP contribution in [-0.4, -0.2) is 32.8 Å². The summed E-state index contributed by atoms with van der Waals surface area (Å²) < 4.78 is 3.11. The molecular weight excluding hydrogens is 388 g/mol. The first kappa shape index (κ1) is 15.8. The Labute approximate surface area is 152 Å². The number of nitrogens with two attached hydrogens (primary N) is 1. The van der Waals surface area contributed by atoms with Gasteiger partial charge < -0.3 is 5.73 Å². The first-order chi connectivity index (χ1) is 11.6. The maximum Gasteiger partial charge on any atom is 0.234 e. The molecule has 1 atom stereocenters. The van der Waals surface area contributed by atoms with E-state index in [0.29, 0.717) is 0 Å². The van der Waals surface area contributed by atoms with Gasteiger partial charge in [0.1, 0.15) is 5.65 Å². The Hall–Kier alpha value is -1.70. The molecule has 124 valence electrons. The molecule has 1 fully saturated rings. The third kappa shape index (κ3) is 2.87. The Morgan fingerprint density at radius 3 is 3.08 bits per heavy atom. The van der Waals surface area contributed by atoms with E-state index >= 15 is 0 Å². The highest BCUT2D eigenvalue weighted by Crippen LogP contribution is 2.31. The van der Waals surface area contributed by atoms with Gasteiger partial charge in [-0.2, -0.15) is 0 Å². The molecule has 0 saturated carbocycles. The average Bonchev–Trinajstić information content (AvgIpc) is 3.26. The highest BCUT2D eigenvalue weighted by Gasteiger charge is 2.29. The first-order valence-electron chi connectivity index (χ1n) is 7.87. The van der Waals surface area contributed by atoms with Crippen molar-refractivity contribution in [3.05, 3.63) is 46.0 Å². The van der Waals surface area contributed by atoms with Gasteiger partial charge >= 0.3 is 0 Å². The quantitative estimate of drug-likeness (QED) is 0.725. The Morgan fingerprint density at radius 1 is 1.38 bits per heavy atom. The summed E-state index contributed by atoms with van der Waals surface area (Å²) in [5, 5.41) is 0. The Balaban J connectivity index is 1.60. The third-order valence-corrected chi connectivity index (χ3v) is 6.00. The maximum atomic E-state index is 11.5. The van der Waals surface area contributed by atoms with E-state index in [-0.39, 0.29) is 11.9 Å². The summed E-state index contributed by atoms with van der Waals surface area (Å²) in [4.78, 5) is 20.6. The van der Waals surface area contributed by atoms with Crippen LogP contribution in [0.4, 0.5) is 0 Å². The lowest BCUT2D eigenvalue weighted by Crippen LogP contribution is -2.39. The van der Waals surface area contributed by atoms with E-state index in [1.807, 2.05) is 24.5 Å². The number of amides is 1. The van der Waals surface area contributed by atoms with Gasteiger partial charge in [0.05, 0.1) is 22.8 Å². The van der Waals surface area contributed by atoms with Crippen LogP contribution in [-0.2, 0) is 11.3 Å². The molecule has 0 bridgehead atoms. The van der Waals surface area contributed by atoms with Gasteiger partial charge in [0, 0.05) is 22.1 Å². The highest BCUT2D eigenvalue weighted by molar-refractivity contribution is 9.10. The maximum absolute atomic E-state index is 11.5. The van der Waals surface area contributed by atoms with Crippen LogP contribution in [0.3, 0.4) is 0 Å². The smallest absolute Gasteiger partial charge is 0.234 e. The number of primary amides is 1. The lowest BCUT2D eigenvalue weighted by Gasteiger charge is -2.20. The molecular formula is C17H17BrN4OS. The van der Waals surface area contributed by atoms with E-state index in [1.165, 1.54) is 9.75 Å². The Kier molecular flexibility index (Phi) is 4.15. The summed E-state index contributed by atoms with van der Waals surface area (Å²) in [7, 11) is 0. The number of carbonyl (C=O) groups is 1. The molecule has 24 heavy (non-hydrogen) atoms. The molecule has 0 spiro atoms. The van der Waals surface area contributed by atoms with Crippen molar-refractivity contribution in [2.75, 3.05) is 6.54 Å². The van der Waals surface area contributed by atoms with Crippen LogP contribution in [0.15, 0.2) is 41.1 Å². The Morgan fingerprint density at radius 2 is 2.25 bits per heavy atom. The number of rotatable bonds is 4. The highest BCUT2D eigenvalue weighted by atomic mass is 79.9. The van der Waals surface area contributed by atoms with Crippen LogP contribution in [0.5, 0.6) is 0 Å². The van der Waals surface area contributed by atoms with E-state index in [2.05, 4.69) is 42.3 Å². The molecule has 1 amide bonds. The van der Waals surface area contributed by atoms with Gasteiger partial charge in [-0.3, -0.25) is 14.1 Å². The van der Waals surface area contributed by atoms with Crippen LogP contribution in [0.25, 0.3) is 16.2 Å². The number of thiophene rings is 1. The van der Waals surface area contributed by atoms with E-state index in [0.717, 1.165) is 41.7 Å². The second-order valence-electron chi connectivity index (χ2n) is 6.02. The molecule has 0 aliphatic carbocycles. The largest absolute Gasteiger partial charge is 0.368 e. The molecule has 1 saturated heterocycles. The van der Waals surface area contributed by atoms with Gasteiger partial charge in [-0.05, 0) is 59.6 Å². The molecule has 3 aromatic heterocycles. The number of hydrogen-bond donors (Lipinski definition) is 1. The van der Waals surface area contributed by atoms with Crippen molar-refractivity contribution in [1.82, 2.24) is 14.3 Å². The zero-order valence-electron chi connectivity index (χ0n) is 13.0. The van der Waals surface area contributed by atoms with Crippen molar-refractivity contribution in [3.8, 4) is 10.6 Å². The van der Waals surface area contributed by atoms with Gasteiger partial charge in [-0.15, -0.1) is 11.3 Å². The molecule has 4 heterocycles. The summed E-state index contributed by atoms with van der Waals surface area (Å²) in [5.41, 5.74) is 7.51. The summed E-state index contributed by atoms with van der Waals surface area (Å²) in [6.45, 7) is 1.71. The number of likely N-dealkylation sites (tertiary alicyclic amines) is 1. The summed E-state index contributed by atoms with van der Waals surface area (Å²) in [6.07, 6.45) is 5.84. The lowest BCUT2D eigenvalue weighted by atomic mass is 10.2. The van der Waals surface area contributed by atoms with Crippen LogP contribution in [0.1, 0.15) is 17.7 Å². The van der Waals surface area contributed by atoms with Crippen LogP contribution >= 0.6 is 27.3 Å². The molecule has 0 aromatic carbocycles. The molecule has 0 unspecified atom stereocenters. The van der Waals surface area contributed by atoms with E-state index in [4.69, 9.17) is 5.73 Å². The minimum Gasteiger partial charge on any atom is -0.368 e. The number of halogens is 1. The van der Waals surface area contributed by atoms with Gasteiger partial charge in [-0.1, -0.05) is 0 Å². The number of pyridine rings is 1. The van der Waals surface area contributed by atoms with E-state index in [9.17, 15) is 4.79 Å². The number of aromatic nitrogens is 2. The van der Waals surface area contributed by atoms with Crippen molar-refractivity contribution < 1.29 is 4.79 Å². The molecule has 5 nitrogen and oxygen atoms in total. The minimum absolute atomic E-state index is 0.123. The third-order valence-electron chi connectivity index (χ3n) is 4.43. The summed E-state index contributed by atoms with van der Waals surface area (Å²) in [6, 6.07) is 8.11. The van der Waals surface area contributed by atoms with Crippen LogP contribution in [0.2, 0.25) is 0 Å². The molecule has 0 radical (unpaired) electrons. The molecule has 4 rings (SSSR count). The number of hydrogen-bond acceptors (Lipinski definition) is 4. The zero-order valence-corrected chi connectivity index (χ0v) is 15.4. The van der Waals surface area contributed by atoms with Crippen LogP contribution < -0.4 is 5.73 Å². The lowest BCUT2D eigenvalue weighted by molar-refractivity contribution is -0.122. The molecule has 3 aromatic rings. The van der Waals surface area contributed by atoms with E-state index < -0.39 is 0 Å². The molecule has 1 aliphatic heterocycles. The van der Waals surface area contributed by atoms with Gasteiger partial charge in [0.25, 0.3) is 0 Å². The number of carbonyl (C=O) groups excluding carboxylic acids is 1. The number of fused-ring (bicyclic) bond motifs is 1. The zero-order chi connectivity index (χ0) is 16.7. The van der Waals surface area contributed by atoms with Crippen molar-refractivity contribution in [2.45, 2.75) is 25.4 Å². The average molecular weight is 405 g/mol. The second kappa shape index (κ2) is 6.31. The normalized spacial score (nSPS) is 18.5. The van der Waals surface area contributed by atoms with Crippen molar-refractivity contribution in [1.29, 1.82) is 0 Å². The van der Waals surface area contributed by atoms with Crippen molar-refractivity contribution >= 4 is 38.8 Å². The van der Waals surface area contributed by atoms with Gasteiger partial charge in [0.15, 0.2) is 0 Å². The predicted molar refractivity (Wildman–Crippen MR) is 98.8 cm³/mol. The number of nitrogens with zero attached hydrogens (tertiary/aromatic N) is 3. The summed E-state index contributed by atoms with van der Waals surface area (Å²) >= 11 is 5.25. The van der Waals surface area contributed by atoms with Crippen LogP contribution in [0, 0.1) is 0 Å². The summed E-state index contributed by atoms with van der Waals surface area (Å²) in [5.74, 6) is -0.212. The fraction of sp³-hybridized carbons (Fsp3) is 0.294. The number of imidazole rings is 1. The van der Waals surface area contributed by atoms with Gasteiger partial charge in [-0.25, -0.2) is 4.98 Å².